The van der Waals surface area contributed by atoms with Gasteiger partial charge in [0.15, 0.2) is 10.6 Å². The molecule has 0 radical (unpaired) electrons. The third-order valence-electron chi connectivity index (χ3n) is 4.66. The zero-order chi connectivity index (χ0) is 19.3. The second kappa shape index (κ2) is 8.40. The summed E-state index contributed by atoms with van der Waals surface area (Å²) < 4.78 is 7.90. The minimum atomic E-state index is 0.423. The van der Waals surface area contributed by atoms with Gasteiger partial charge in [-0.1, -0.05) is 38.1 Å². The second-order valence-electron chi connectivity index (χ2n) is 6.93. The van der Waals surface area contributed by atoms with E-state index in [1.54, 1.807) is 17.6 Å². The quantitative estimate of drug-likeness (QED) is 0.418. The van der Waals surface area contributed by atoms with Gasteiger partial charge >= 0.3 is 0 Å². The molecule has 0 aliphatic carbocycles. The average molecular weight is 390 g/mol. The first-order valence-electron chi connectivity index (χ1n) is 9.48. The van der Waals surface area contributed by atoms with Crippen LogP contribution in [0.2, 0.25) is 0 Å². The minimum absolute atomic E-state index is 0.423. The Morgan fingerprint density at radius 3 is 2.68 bits per heavy atom. The van der Waals surface area contributed by atoms with E-state index in [1.165, 1.54) is 5.56 Å². The molecule has 0 aliphatic rings. The highest BCUT2D eigenvalue weighted by Gasteiger charge is 2.12. The first kappa shape index (κ1) is 18.4. The lowest BCUT2D eigenvalue weighted by molar-refractivity contribution is 0.568. The van der Waals surface area contributed by atoms with Crippen molar-refractivity contribution < 1.29 is 4.42 Å². The van der Waals surface area contributed by atoms with Gasteiger partial charge in [0.05, 0.1) is 17.6 Å². The third kappa shape index (κ3) is 3.99. The van der Waals surface area contributed by atoms with Crippen LogP contribution < -0.4 is 4.80 Å². The van der Waals surface area contributed by atoms with Crippen molar-refractivity contribution in [3.63, 3.8) is 0 Å². The molecular formula is C23H23N3OS. The molecule has 0 bridgehead atoms. The number of pyridine rings is 1. The molecule has 0 aliphatic heterocycles. The lowest BCUT2D eigenvalue weighted by atomic mass is 10.0. The van der Waals surface area contributed by atoms with Gasteiger partial charge in [-0.25, -0.2) is 4.99 Å². The molecule has 4 aromatic rings. The predicted octanol–water partition coefficient (Wildman–Crippen LogP) is 5.80. The van der Waals surface area contributed by atoms with Gasteiger partial charge in [0.1, 0.15) is 0 Å². The number of rotatable bonds is 6. The Hall–Kier alpha value is -2.92. The van der Waals surface area contributed by atoms with Gasteiger partial charge in [-0.15, -0.1) is 11.3 Å². The highest BCUT2D eigenvalue weighted by Crippen LogP contribution is 2.27. The van der Waals surface area contributed by atoms with E-state index in [9.17, 15) is 0 Å². The molecule has 142 valence electrons. The van der Waals surface area contributed by atoms with Crippen molar-refractivity contribution in [2.75, 3.05) is 0 Å². The maximum Gasteiger partial charge on any atom is 0.190 e. The highest BCUT2D eigenvalue weighted by atomic mass is 32.1. The maximum atomic E-state index is 5.67. The average Bonchev–Trinajstić information content (AvgIpc) is 3.37. The van der Waals surface area contributed by atoms with Crippen molar-refractivity contribution in [2.45, 2.75) is 32.7 Å². The third-order valence-corrected chi connectivity index (χ3v) is 5.53. The Morgan fingerprint density at radius 2 is 1.93 bits per heavy atom. The van der Waals surface area contributed by atoms with Crippen LogP contribution in [0.25, 0.3) is 11.5 Å². The van der Waals surface area contributed by atoms with Crippen molar-refractivity contribution in [1.29, 1.82) is 0 Å². The molecular weight excluding hydrogens is 366 g/mol. The van der Waals surface area contributed by atoms with Crippen LogP contribution in [0.3, 0.4) is 0 Å². The summed E-state index contributed by atoms with van der Waals surface area (Å²) in [7, 11) is 0. The summed E-state index contributed by atoms with van der Waals surface area (Å²) in [5.41, 5.74) is 4.40. The molecule has 0 fully saturated rings. The molecule has 4 nitrogen and oxygen atoms in total. The van der Waals surface area contributed by atoms with Gasteiger partial charge in [0.25, 0.3) is 0 Å². The SMILES string of the molecule is CC(C)c1ccccc1N=c1scc(-c2ccco2)n1CCc1ccccn1. The molecule has 0 saturated carbocycles. The summed E-state index contributed by atoms with van der Waals surface area (Å²) in [6.45, 7) is 5.19. The topological polar surface area (TPSA) is 43.3 Å². The van der Waals surface area contributed by atoms with Gasteiger partial charge in [-0.3, -0.25) is 4.98 Å². The van der Waals surface area contributed by atoms with Crippen LogP contribution in [0.15, 0.2) is 81.8 Å². The lowest BCUT2D eigenvalue weighted by Crippen LogP contribution is -2.17. The fraction of sp³-hybridized carbons (Fsp3) is 0.217. The number of thiazole rings is 1. The largest absolute Gasteiger partial charge is 0.463 e. The lowest BCUT2D eigenvalue weighted by Gasteiger charge is -2.10. The van der Waals surface area contributed by atoms with Crippen molar-refractivity contribution in [2.24, 2.45) is 4.99 Å². The Morgan fingerprint density at radius 1 is 1.07 bits per heavy atom. The van der Waals surface area contributed by atoms with Crippen LogP contribution in [-0.2, 0) is 13.0 Å². The Kier molecular flexibility index (Phi) is 5.53. The van der Waals surface area contributed by atoms with E-state index in [0.29, 0.717) is 5.92 Å². The van der Waals surface area contributed by atoms with Crippen LogP contribution in [0.4, 0.5) is 5.69 Å². The summed E-state index contributed by atoms with van der Waals surface area (Å²) >= 11 is 1.64. The van der Waals surface area contributed by atoms with E-state index in [1.807, 2.05) is 36.5 Å². The van der Waals surface area contributed by atoms with Crippen molar-refractivity contribution in [1.82, 2.24) is 9.55 Å². The molecule has 0 saturated heterocycles. The zero-order valence-electron chi connectivity index (χ0n) is 16.1. The van der Waals surface area contributed by atoms with Crippen LogP contribution in [0.5, 0.6) is 0 Å². The number of hydrogen-bond acceptors (Lipinski definition) is 4. The molecule has 0 unspecified atom stereocenters. The first-order chi connectivity index (χ1) is 13.7. The van der Waals surface area contributed by atoms with Gasteiger partial charge in [-0.05, 0) is 41.8 Å². The van der Waals surface area contributed by atoms with Crippen LogP contribution in [-0.4, -0.2) is 9.55 Å². The monoisotopic (exact) mass is 389 g/mol. The number of para-hydroxylation sites is 1. The number of aryl methyl sites for hydroxylation is 1. The van der Waals surface area contributed by atoms with E-state index in [4.69, 9.17) is 9.41 Å². The molecule has 5 heteroatoms. The number of hydrogen-bond donors (Lipinski definition) is 0. The van der Waals surface area contributed by atoms with Gasteiger partial charge < -0.3 is 8.98 Å². The molecule has 0 amide bonds. The number of nitrogens with zero attached hydrogens (tertiary/aromatic N) is 3. The number of aromatic nitrogens is 2. The van der Waals surface area contributed by atoms with E-state index >= 15 is 0 Å². The molecule has 0 N–H and O–H groups in total. The predicted molar refractivity (Wildman–Crippen MR) is 114 cm³/mol. The van der Waals surface area contributed by atoms with Crippen LogP contribution in [0.1, 0.15) is 31.0 Å². The molecule has 1 aromatic carbocycles. The van der Waals surface area contributed by atoms with E-state index in [2.05, 4.69) is 53.0 Å². The normalized spacial score (nSPS) is 12.0. The van der Waals surface area contributed by atoms with Crippen molar-refractivity contribution in [3.8, 4) is 11.5 Å². The van der Waals surface area contributed by atoms with E-state index in [-0.39, 0.29) is 0 Å². The number of benzene rings is 1. The van der Waals surface area contributed by atoms with Crippen molar-refractivity contribution in [3.05, 3.63) is 88.5 Å². The number of furan rings is 1. The van der Waals surface area contributed by atoms with Crippen LogP contribution >= 0.6 is 11.3 Å². The van der Waals surface area contributed by atoms with Gasteiger partial charge in [-0.2, -0.15) is 0 Å². The summed E-state index contributed by atoms with van der Waals surface area (Å²) in [4.78, 5) is 10.5. The molecule has 3 aromatic heterocycles. The van der Waals surface area contributed by atoms with Gasteiger partial charge in [0.2, 0.25) is 0 Å². The van der Waals surface area contributed by atoms with Crippen LogP contribution in [0, 0.1) is 0 Å². The van der Waals surface area contributed by atoms with E-state index < -0.39 is 0 Å². The van der Waals surface area contributed by atoms with Crippen molar-refractivity contribution >= 4 is 17.0 Å². The fourth-order valence-electron chi connectivity index (χ4n) is 3.21. The standard InChI is InChI=1S/C23H23N3OS/c1-17(2)19-9-3-4-10-20(19)25-23-26(14-12-18-8-5-6-13-24-18)21(16-28-23)22-11-7-15-27-22/h3-11,13,15-17H,12,14H2,1-2H3. The Balaban J connectivity index is 1.77. The van der Waals surface area contributed by atoms with Gasteiger partial charge in [0, 0.05) is 30.2 Å². The van der Waals surface area contributed by atoms with E-state index in [0.717, 1.165) is 40.6 Å². The first-order valence-corrected chi connectivity index (χ1v) is 10.4. The second-order valence-corrected chi connectivity index (χ2v) is 7.77. The Bertz CT molecular complexity index is 1090. The highest BCUT2D eigenvalue weighted by molar-refractivity contribution is 7.07. The molecule has 3 heterocycles. The molecule has 4 rings (SSSR count). The minimum Gasteiger partial charge on any atom is -0.463 e. The summed E-state index contributed by atoms with van der Waals surface area (Å²) in [6, 6.07) is 18.3. The summed E-state index contributed by atoms with van der Waals surface area (Å²) in [6.07, 6.45) is 4.39. The summed E-state index contributed by atoms with van der Waals surface area (Å²) in [5.74, 6) is 1.28. The molecule has 0 spiro atoms. The fourth-order valence-corrected chi connectivity index (χ4v) is 4.14. The smallest absolute Gasteiger partial charge is 0.190 e. The summed E-state index contributed by atoms with van der Waals surface area (Å²) in [5, 5.41) is 2.12. The zero-order valence-corrected chi connectivity index (χ0v) is 16.9. The Labute approximate surface area is 168 Å². The molecule has 0 atom stereocenters. The molecule has 28 heavy (non-hydrogen) atoms. The maximum absolute atomic E-state index is 5.67.